The van der Waals surface area contributed by atoms with Gasteiger partial charge in [-0.05, 0) is 0 Å². The predicted octanol–water partition coefficient (Wildman–Crippen LogP) is -0.375. The van der Waals surface area contributed by atoms with Gasteiger partial charge < -0.3 is 20.8 Å². The van der Waals surface area contributed by atoms with Crippen LogP contribution in [0.3, 0.4) is 0 Å². The summed E-state index contributed by atoms with van der Waals surface area (Å²) in [5.74, 6) is -1.12. The van der Waals surface area contributed by atoms with Gasteiger partial charge in [-0.15, -0.1) is 11.3 Å². The van der Waals surface area contributed by atoms with Crippen LogP contribution in [-0.4, -0.2) is 53.7 Å². The molecule has 1 aliphatic heterocycles. The highest BCUT2D eigenvalue weighted by molar-refractivity contribution is 7.13. The molecule has 0 saturated carbocycles. The third-order valence-corrected chi connectivity index (χ3v) is 3.31. The fourth-order valence-corrected chi connectivity index (χ4v) is 2.17. The molecule has 2 rings (SSSR count). The lowest BCUT2D eigenvalue weighted by Gasteiger charge is -2.35. The van der Waals surface area contributed by atoms with Crippen LogP contribution in [0, 0.1) is 0 Å². The van der Waals surface area contributed by atoms with Crippen molar-refractivity contribution in [1.29, 1.82) is 0 Å². The molecule has 1 aromatic heterocycles. The number of hydrogen-bond acceptors (Lipinski definition) is 7. The number of nitrogens with two attached hydrogens (primary N) is 1. The van der Waals surface area contributed by atoms with Crippen LogP contribution in [0.5, 0.6) is 0 Å². The zero-order valence-corrected chi connectivity index (χ0v) is 11.6. The molecule has 1 unspecified atom stereocenters. The molecule has 2 amide bonds. The highest BCUT2D eigenvalue weighted by Crippen LogP contribution is 2.14. The number of thiazole rings is 1. The first-order valence-corrected chi connectivity index (χ1v) is 6.55. The van der Waals surface area contributed by atoms with Crippen molar-refractivity contribution < 1.29 is 23.2 Å². The zero-order valence-electron chi connectivity index (χ0n) is 10.7. The molecule has 8 nitrogen and oxygen atoms in total. The minimum absolute atomic E-state index is 0.00391. The quantitative estimate of drug-likeness (QED) is 0.437. The van der Waals surface area contributed by atoms with Gasteiger partial charge in [-0.2, -0.15) is 8.78 Å². The van der Waals surface area contributed by atoms with Crippen LogP contribution in [0.25, 0.3) is 0 Å². The number of amides is 2. The van der Waals surface area contributed by atoms with E-state index < -0.39 is 24.3 Å². The number of anilines is 1. The van der Waals surface area contributed by atoms with Gasteiger partial charge in [0.05, 0.1) is 0 Å². The van der Waals surface area contributed by atoms with Gasteiger partial charge in [0.2, 0.25) is 5.91 Å². The molecule has 21 heavy (non-hydrogen) atoms. The van der Waals surface area contributed by atoms with E-state index in [4.69, 9.17) is 5.73 Å². The normalized spacial score (nSPS) is 18.7. The van der Waals surface area contributed by atoms with Crippen LogP contribution < -0.4 is 11.1 Å². The Bertz CT molecular complexity index is 591. The number of nitrogen functional groups attached to an aromatic ring is 1. The maximum absolute atomic E-state index is 12.1. The first kappa shape index (κ1) is 15.1. The molecule has 0 aliphatic carbocycles. The minimum atomic E-state index is -3.18. The van der Waals surface area contributed by atoms with E-state index >= 15 is 0 Å². The lowest BCUT2D eigenvalue weighted by Crippen LogP contribution is -2.63. The molecule has 0 radical (unpaired) electrons. The van der Waals surface area contributed by atoms with Crippen molar-refractivity contribution in [2.45, 2.75) is 12.7 Å². The fourth-order valence-electron chi connectivity index (χ4n) is 1.62. The maximum Gasteiger partial charge on any atom is 0.407 e. The van der Waals surface area contributed by atoms with Crippen LogP contribution >= 0.6 is 11.3 Å². The second kappa shape index (κ2) is 5.99. The number of nitrogens with zero attached hydrogens (tertiary/aromatic N) is 3. The molecule has 1 saturated heterocycles. The van der Waals surface area contributed by atoms with E-state index in [0.29, 0.717) is 6.54 Å². The van der Waals surface area contributed by atoms with Crippen LogP contribution in [0.15, 0.2) is 10.5 Å². The number of carbonyl (C=O) groups is 2. The Morgan fingerprint density at radius 3 is 2.90 bits per heavy atom. The molecule has 1 atom stereocenters. The Kier molecular flexibility index (Phi) is 4.31. The van der Waals surface area contributed by atoms with Crippen LogP contribution in [0.2, 0.25) is 0 Å². The summed E-state index contributed by atoms with van der Waals surface area (Å²) in [4.78, 5) is 32.4. The number of likely N-dealkylation sites (N-methyl/N-ethyl adjacent to an activating group) is 1. The standard InChI is InChI=1S/C10H11F2N5O3S/c1-17-2-4(8(17)19)14-7(18)6(16-20-9(11)12)5-3-21-10(13)15-5/h3-4,9H,2H2,1H3,(H2,13,15)(H,14,18). The van der Waals surface area contributed by atoms with E-state index in [1.165, 1.54) is 10.3 Å². The first-order valence-electron chi connectivity index (χ1n) is 5.67. The van der Waals surface area contributed by atoms with Crippen molar-refractivity contribution in [2.24, 2.45) is 5.16 Å². The molecular weight excluding hydrogens is 308 g/mol. The lowest BCUT2D eigenvalue weighted by atomic mass is 10.1. The number of alkyl halides is 2. The van der Waals surface area contributed by atoms with E-state index in [2.05, 4.69) is 20.3 Å². The zero-order chi connectivity index (χ0) is 15.6. The SMILES string of the molecule is CN1CC(NC(=O)C(=NOC(F)F)c2csc(N)n2)C1=O. The Morgan fingerprint density at radius 1 is 1.71 bits per heavy atom. The fraction of sp³-hybridized carbons (Fsp3) is 0.400. The van der Waals surface area contributed by atoms with Gasteiger partial charge in [-0.25, -0.2) is 4.98 Å². The molecule has 0 spiro atoms. The third-order valence-electron chi connectivity index (χ3n) is 2.64. The van der Waals surface area contributed by atoms with Gasteiger partial charge in [0.25, 0.3) is 5.91 Å². The molecule has 2 heterocycles. The second-order valence-corrected chi connectivity index (χ2v) is 5.01. The Labute approximate surface area is 121 Å². The monoisotopic (exact) mass is 319 g/mol. The highest BCUT2D eigenvalue weighted by atomic mass is 32.1. The number of hydrogen-bond donors (Lipinski definition) is 2. The molecule has 0 aromatic carbocycles. The number of likely N-dealkylation sites (tertiary alicyclic amines) is 1. The molecule has 1 aromatic rings. The number of aromatic nitrogens is 1. The van der Waals surface area contributed by atoms with Crippen LogP contribution in [-0.2, 0) is 14.4 Å². The van der Waals surface area contributed by atoms with Gasteiger partial charge in [-0.1, -0.05) is 5.16 Å². The minimum Gasteiger partial charge on any atom is -0.375 e. The summed E-state index contributed by atoms with van der Waals surface area (Å²) in [5, 5.41) is 6.96. The first-order chi connectivity index (χ1) is 9.88. The van der Waals surface area contributed by atoms with Crippen molar-refractivity contribution in [3.8, 4) is 0 Å². The molecule has 3 N–H and O–H groups in total. The number of nitrogens with one attached hydrogen (secondary N) is 1. The number of carbonyl (C=O) groups excluding carboxylic acids is 2. The topological polar surface area (TPSA) is 110 Å². The Morgan fingerprint density at radius 2 is 2.43 bits per heavy atom. The smallest absolute Gasteiger partial charge is 0.375 e. The van der Waals surface area contributed by atoms with Crippen molar-refractivity contribution in [3.63, 3.8) is 0 Å². The average molecular weight is 319 g/mol. The van der Waals surface area contributed by atoms with Crippen molar-refractivity contribution >= 4 is 34.0 Å². The number of halogens is 2. The maximum atomic E-state index is 12.1. The van der Waals surface area contributed by atoms with Crippen LogP contribution in [0.4, 0.5) is 13.9 Å². The molecule has 0 bridgehead atoms. The summed E-state index contributed by atoms with van der Waals surface area (Å²) in [5.41, 5.74) is 4.95. The summed E-state index contributed by atoms with van der Waals surface area (Å²) in [7, 11) is 1.57. The summed E-state index contributed by atoms with van der Waals surface area (Å²) in [6.45, 7) is -2.85. The predicted molar refractivity (Wildman–Crippen MR) is 69.7 cm³/mol. The van der Waals surface area contributed by atoms with Crippen molar-refractivity contribution in [1.82, 2.24) is 15.2 Å². The number of oxime groups is 1. The summed E-state index contributed by atoms with van der Waals surface area (Å²) in [6.07, 6.45) is 0. The molecule has 1 fully saturated rings. The molecule has 11 heteroatoms. The van der Waals surface area contributed by atoms with Gasteiger partial charge in [0.1, 0.15) is 11.7 Å². The number of rotatable bonds is 5. The highest BCUT2D eigenvalue weighted by Gasteiger charge is 2.36. The van der Waals surface area contributed by atoms with Gasteiger partial charge in [-0.3, -0.25) is 9.59 Å². The number of β-lactam (4-membered cyclic amide) rings is 1. The van der Waals surface area contributed by atoms with E-state index in [1.807, 2.05) is 0 Å². The average Bonchev–Trinajstić information content (AvgIpc) is 2.84. The Balaban J connectivity index is 2.13. The van der Waals surface area contributed by atoms with Gasteiger partial charge in [0, 0.05) is 19.0 Å². The third kappa shape index (κ3) is 3.42. The summed E-state index contributed by atoms with van der Waals surface area (Å²) < 4.78 is 24.1. The molecule has 114 valence electrons. The van der Waals surface area contributed by atoms with E-state index in [-0.39, 0.29) is 16.7 Å². The largest absolute Gasteiger partial charge is 0.407 e. The Hall–Kier alpha value is -2.30. The van der Waals surface area contributed by atoms with E-state index in [9.17, 15) is 18.4 Å². The van der Waals surface area contributed by atoms with Crippen LogP contribution in [0.1, 0.15) is 5.69 Å². The van der Waals surface area contributed by atoms with E-state index in [0.717, 1.165) is 11.3 Å². The lowest BCUT2D eigenvalue weighted by molar-refractivity contribution is -0.144. The van der Waals surface area contributed by atoms with Gasteiger partial charge >= 0.3 is 6.61 Å². The van der Waals surface area contributed by atoms with Crippen molar-refractivity contribution in [2.75, 3.05) is 19.3 Å². The molecular formula is C10H11F2N5O3S. The van der Waals surface area contributed by atoms with Crippen molar-refractivity contribution in [3.05, 3.63) is 11.1 Å². The van der Waals surface area contributed by atoms with Gasteiger partial charge in [0.15, 0.2) is 10.8 Å². The van der Waals surface area contributed by atoms with E-state index in [1.54, 1.807) is 7.05 Å². The summed E-state index contributed by atoms with van der Waals surface area (Å²) in [6, 6.07) is -0.713. The summed E-state index contributed by atoms with van der Waals surface area (Å²) >= 11 is 1.01. The second-order valence-electron chi connectivity index (χ2n) is 4.12. The molecule has 1 aliphatic rings.